The lowest BCUT2D eigenvalue weighted by Crippen LogP contribution is -2.47. The highest BCUT2D eigenvalue weighted by Gasteiger charge is 2.35. The molecule has 3 amide bonds. The number of ether oxygens (including phenoxy) is 1. The van der Waals surface area contributed by atoms with Crippen LogP contribution in [0.4, 0.5) is 0 Å². The molecule has 7 nitrogen and oxygen atoms in total. The molecule has 1 heterocycles. The molecule has 1 fully saturated rings. The Balaban J connectivity index is 1.93. The molecule has 0 saturated carbocycles. The summed E-state index contributed by atoms with van der Waals surface area (Å²) in [7, 11) is 1.77. The minimum Gasteiger partial charge on any atom is -0.367 e. The van der Waals surface area contributed by atoms with Crippen molar-refractivity contribution in [2.75, 3.05) is 39.9 Å². The van der Waals surface area contributed by atoms with Crippen LogP contribution in [0.3, 0.4) is 0 Å². The van der Waals surface area contributed by atoms with Crippen LogP contribution in [0.15, 0.2) is 42.0 Å². The number of nitrogens with zero attached hydrogens (tertiary/aromatic N) is 2. The first kappa shape index (κ1) is 30.6. The molecule has 1 aromatic carbocycles. The second kappa shape index (κ2) is 14.3. The van der Waals surface area contributed by atoms with Crippen molar-refractivity contribution < 1.29 is 19.1 Å². The maximum absolute atomic E-state index is 13.1. The third kappa shape index (κ3) is 8.70. The Labute approximate surface area is 223 Å². The standard InChI is InChI=1S/C30H47N3O4/c1-8-25(30(5,6)24-14-10-9-11-15-24)29(36)31-19-27(34)32(7)26(22(2)3)18-23(4)20-37-21-28(35)33-16-12-13-17-33/h9-11,14-15,18,22,25-26H,8,12-13,16-17,19-21H2,1-7H3,(H,31,36)/b23-18+/t25-,26-/m1/s1. The Morgan fingerprint density at radius 3 is 2.30 bits per heavy atom. The van der Waals surface area contributed by atoms with E-state index < -0.39 is 0 Å². The van der Waals surface area contributed by atoms with Gasteiger partial charge in [0, 0.05) is 31.5 Å². The summed E-state index contributed by atoms with van der Waals surface area (Å²) in [6.45, 7) is 14.2. The second-order valence-electron chi connectivity index (χ2n) is 11.1. The molecule has 0 aromatic heterocycles. The SMILES string of the molecule is CC[C@H](C(=O)NCC(=O)N(C)[C@H](/C=C(\C)COCC(=O)N1CCCC1)C(C)C)C(C)(C)c1ccccc1. The molecule has 1 aliphatic rings. The fourth-order valence-corrected chi connectivity index (χ4v) is 5.12. The van der Waals surface area contributed by atoms with Gasteiger partial charge in [0.15, 0.2) is 0 Å². The summed E-state index contributed by atoms with van der Waals surface area (Å²) in [6, 6.07) is 9.88. The molecule has 0 spiro atoms. The first-order valence-electron chi connectivity index (χ1n) is 13.6. The van der Waals surface area contributed by atoms with Crippen LogP contribution >= 0.6 is 0 Å². The van der Waals surface area contributed by atoms with Crippen molar-refractivity contribution in [1.82, 2.24) is 15.1 Å². The average molecular weight is 514 g/mol. The predicted octanol–water partition coefficient (Wildman–Crippen LogP) is 4.17. The fourth-order valence-electron chi connectivity index (χ4n) is 5.12. The summed E-state index contributed by atoms with van der Waals surface area (Å²) < 4.78 is 5.66. The van der Waals surface area contributed by atoms with Crippen molar-refractivity contribution in [1.29, 1.82) is 0 Å². The summed E-state index contributed by atoms with van der Waals surface area (Å²) in [5.41, 5.74) is 1.71. The smallest absolute Gasteiger partial charge is 0.248 e. The summed E-state index contributed by atoms with van der Waals surface area (Å²) in [6.07, 6.45) is 4.82. The van der Waals surface area contributed by atoms with Crippen LogP contribution in [0.5, 0.6) is 0 Å². The molecule has 2 atom stereocenters. The number of hydrogen-bond acceptors (Lipinski definition) is 4. The number of likely N-dealkylation sites (N-methyl/N-ethyl adjacent to an activating group) is 1. The minimum atomic E-state index is -0.356. The summed E-state index contributed by atoms with van der Waals surface area (Å²) in [4.78, 5) is 41.9. The van der Waals surface area contributed by atoms with Crippen LogP contribution in [-0.2, 0) is 24.5 Å². The first-order chi connectivity index (χ1) is 17.5. The molecule has 1 N–H and O–H groups in total. The van der Waals surface area contributed by atoms with Gasteiger partial charge in [-0.25, -0.2) is 0 Å². The minimum absolute atomic E-state index is 0.0366. The van der Waals surface area contributed by atoms with E-state index in [1.54, 1.807) is 11.9 Å². The zero-order chi connectivity index (χ0) is 27.6. The van der Waals surface area contributed by atoms with E-state index in [2.05, 4.69) is 33.0 Å². The molecule has 206 valence electrons. The maximum atomic E-state index is 13.1. The van der Waals surface area contributed by atoms with Gasteiger partial charge in [-0.2, -0.15) is 0 Å². The Kier molecular flexibility index (Phi) is 11.8. The van der Waals surface area contributed by atoms with Gasteiger partial charge in [-0.1, -0.05) is 71.0 Å². The van der Waals surface area contributed by atoms with E-state index in [1.807, 2.05) is 55.2 Å². The highest BCUT2D eigenvalue weighted by atomic mass is 16.5. The molecule has 37 heavy (non-hydrogen) atoms. The van der Waals surface area contributed by atoms with Crippen molar-refractivity contribution >= 4 is 17.7 Å². The van der Waals surface area contributed by atoms with Crippen LogP contribution in [0.25, 0.3) is 0 Å². The number of rotatable bonds is 13. The number of carbonyl (C=O) groups excluding carboxylic acids is 3. The molecule has 0 radical (unpaired) electrons. The highest BCUT2D eigenvalue weighted by Crippen LogP contribution is 2.33. The van der Waals surface area contributed by atoms with E-state index in [0.717, 1.165) is 37.1 Å². The van der Waals surface area contributed by atoms with Crippen molar-refractivity contribution in [3.05, 3.63) is 47.5 Å². The molecule has 0 bridgehead atoms. The Bertz CT molecular complexity index is 920. The van der Waals surface area contributed by atoms with E-state index in [0.29, 0.717) is 13.0 Å². The lowest BCUT2D eigenvalue weighted by atomic mass is 9.71. The van der Waals surface area contributed by atoms with Gasteiger partial charge in [-0.3, -0.25) is 14.4 Å². The number of benzene rings is 1. The van der Waals surface area contributed by atoms with Gasteiger partial charge in [0.1, 0.15) is 6.61 Å². The molecular formula is C30H47N3O4. The van der Waals surface area contributed by atoms with Gasteiger partial charge >= 0.3 is 0 Å². The van der Waals surface area contributed by atoms with Crippen molar-refractivity contribution in [2.45, 2.75) is 72.3 Å². The number of carbonyl (C=O) groups is 3. The maximum Gasteiger partial charge on any atom is 0.248 e. The zero-order valence-corrected chi connectivity index (χ0v) is 23.9. The van der Waals surface area contributed by atoms with Crippen LogP contribution in [0, 0.1) is 11.8 Å². The van der Waals surface area contributed by atoms with E-state index in [-0.39, 0.29) is 54.2 Å². The molecule has 1 aliphatic heterocycles. The molecule has 2 rings (SSSR count). The lowest BCUT2D eigenvalue weighted by molar-refractivity contribution is -0.135. The Morgan fingerprint density at radius 1 is 1.11 bits per heavy atom. The lowest BCUT2D eigenvalue weighted by Gasteiger charge is -2.34. The van der Waals surface area contributed by atoms with Gasteiger partial charge in [-0.15, -0.1) is 0 Å². The van der Waals surface area contributed by atoms with Crippen molar-refractivity contribution in [3.8, 4) is 0 Å². The number of amides is 3. The number of likely N-dealkylation sites (tertiary alicyclic amines) is 1. The van der Waals surface area contributed by atoms with Gasteiger partial charge in [0.25, 0.3) is 0 Å². The number of hydrogen-bond donors (Lipinski definition) is 1. The fraction of sp³-hybridized carbons (Fsp3) is 0.633. The molecule has 1 aromatic rings. The first-order valence-corrected chi connectivity index (χ1v) is 13.6. The zero-order valence-electron chi connectivity index (χ0n) is 23.9. The largest absolute Gasteiger partial charge is 0.367 e. The Hall–Kier alpha value is -2.67. The number of nitrogens with one attached hydrogen (secondary N) is 1. The third-order valence-corrected chi connectivity index (χ3v) is 7.52. The van der Waals surface area contributed by atoms with E-state index in [1.165, 1.54) is 0 Å². The quantitative estimate of drug-likeness (QED) is 0.402. The van der Waals surface area contributed by atoms with E-state index >= 15 is 0 Å². The molecule has 0 aliphatic carbocycles. The van der Waals surface area contributed by atoms with Crippen LogP contribution < -0.4 is 5.32 Å². The monoisotopic (exact) mass is 513 g/mol. The van der Waals surface area contributed by atoms with Crippen molar-refractivity contribution in [2.24, 2.45) is 11.8 Å². The summed E-state index contributed by atoms with van der Waals surface area (Å²) in [5, 5.41) is 2.89. The van der Waals surface area contributed by atoms with Crippen LogP contribution in [0.2, 0.25) is 0 Å². The van der Waals surface area contributed by atoms with Gasteiger partial charge in [0.05, 0.1) is 19.2 Å². The highest BCUT2D eigenvalue weighted by molar-refractivity contribution is 5.86. The van der Waals surface area contributed by atoms with E-state index in [4.69, 9.17) is 4.74 Å². The second-order valence-corrected chi connectivity index (χ2v) is 11.1. The van der Waals surface area contributed by atoms with Crippen LogP contribution in [0.1, 0.15) is 66.4 Å². The van der Waals surface area contributed by atoms with Crippen LogP contribution in [-0.4, -0.2) is 73.5 Å². The molecular weight excluding hydrogens is 466 g/mol. The van der Waals surface area contributed by atoms with Gasteiger partial charge in [0.2, 0.25) is 17.7 Å². The summed E-state index contributed by atoms with van der Waals surface area (Å²) in [5.74, 6) is -0.298. The topological polar surface area (TPSA) is 79.0 Å². The predicted molar refractivity (Wildman–Crippen MR) is 148 cm³/mol. The molecule has 1 saturated heterocycles. The van der Waals surface area contributed by atoms with Crippen molar-refractivity contribution in [3.63, 3.8) is 0 Å². The normalized spacial score (nSPS) is 16.0. The Morgan fingerprint density at radius 2 is 1.73 bits per heavy atom. The van der Waals surface area contributed by atoms with Gasteiger partial charge < -0.3 is 19.9 Å². The third-order valence-electron chi connectivity index (χ3n) is 7.52. The average Bonchev–Trinajstić information content (AvgIpc) is 3.41. The van der Waals surface area contributed by atoms with E-state index in [9.17, 15) is 14.4 Å². The van der Waals surface area contributed by atoms with Gasteiger partial charge in [-0.05, 0) is 43.2 Å². The molecule has 7 heteroatoms. The summed E-state index contributed by atoms with van der Waals surface area (Å²) >= 11 is 0. The molecule has 0 unspecified atom stereocenters.